The predicted octanol–water partition coefficient (Wildman–Crippen LogP) is 2.90. The Morgan fingerprint density at radius 3 is 2.35 bits per heavy atom. The van der Waals surface area contributed by atoms with Crippen LogP contribution in [0.5, 0.6) is 0 Å². The minimum Gasteiger partial charge on any atom is -0.378 e. The number of anilines is 1. The molecule has 0 saturated carbocycles. The van der Waals surface area contributed by atoms with Crippen LogP contribution in [-0.4, -0.2) is 24.9 Å². The number of benzene rings is 2. The van der Waals surface area contributed by atoms with Crippen LogP contribution in [0, 0.1) is 17.0 Å². The molecular weight excluding hydrogens is 294 g/mol. The number of nitro groups is 1. The van der Waals surface area contributed by atoms with Gasteiger partial charge in [-0.1, -0.05) is 12.1 Å². The number of hydrogen-bond donors (Lipinski definition) is 1. The molecular formula is C17H19N3O3. The quantitative estimate of drug-likeness (QED) is 0.680. The standard InChI is InChI=1S/C17H19N3O3/c1-12-10-14(6-9-16(12)20(22)23)17(21)18-11-13-4-7-15(8-5-13)19(2)3/h4-10H,11H2,1-3H3,(H,18,21). The highest BCUT2D eigenvalue weighted by atomic mass is 16.6. The second kappa shape index (κ2) is 6.91. The van der Waals surface area contributed by atoms with E-state index in [9.17, 15) is 14.9 Å². The van der Waals surface area contributed by atoms with Crippen molar-refractivity contribution >= 4 is 17.3 Å². The summed E-state index contributed by atoms with van der Waals surface area (Å²) in [6.45, 7) is 2.03. The van der Waals surface area contributed by atoms with E-state index < -0.39 is 4.92 Å². The lowest BCUT2D eigenvalue weighted by Gasteiger charge is -2.13. The Morgan fingerprint density at radius 1 is 1.17 bits per heavy atom. The van der Waals surface area contributed by atoms with Crippen LogP contribution in [0.15, 0.2) is 42.5 Å². The zero-order valence-corrected chi connectivity index (χ0v) is 13.4. The van der Waals surface area contributed by atoms with E-state index in [1.54, 1.807) is 6.92 Å². The minimum atomic E-state index is -0.455. The molecule has 0 unspecified atom stereocenters. The second-order valence-corrected chi connectivity index (χ2v) is 5.50. The highest BCUT2D eigenvalue weighted by Crippen LogP contribution is 2.19. The van der Waals surface area contributed by atoms with Gasteiger partial charge in [-0.3, -0.25) is 14.9 Å². The summed E-state index contributed by atoms with van der Waals surface area (Å²) in [5.41, 5.74) is 2.98. The molecule has 0 aliphatic rings. The summed E-state index contributed by atoms with van der Waals surface area (Å²) in [6.07, 6.45) is 0. The first-order chi connectivity index (χ1) is 10.9. The van der Waals surface area contributed by atoms with Crippen molar-refractivity contribution in [2.45, 2.75) is 13.5 Å². The molecule has 6 nitrogen and oxygen atoms in total. The Kier molecular flexibility index (Phi) is 4.95. The first-order valence-electron chi connectivity index (χ1n) is 7.18. The molecule has 0 heterocycles. The van der Waals surface area contributed by atoms with Gasteiger partial charge in [-0.25, -0.2) is 0 Å². The molecule has 0 spiro atoms. The van der Waals surface area contributed by atoms with Gasteiger partial charge in [0.15, 0.2) is 0 Å². The number of nitro benzene ring substituents is 1. The molecule has 0 radical (unpaired) electrons. The fourth-order valence-electron chi connectivity index (χ4n) is 2.20. The number of rotatable bonds is 5. The summed E-state index contributed by atoms with van der Waals surface area (Å²) in [5, 5.41) is 13.6. The lowest BCUT2D eigenvalue weighted by molar-refractivity contribution is -0.385. The molecule has 0 aliphatic heterocycles. The number of nitrogens with zero attached hydrogens (tertiary/aromatic N) is 2. The smallest absolute Gasteiger partial charge is 0.272 e. The maximum atomic E-state index is 12.1. The maximum absolute atomic E-state index is 12.1. The number of carbonyl (C=O) groups excluding carboxylic acids is 1. The fourth-order valence-corrected chi connectivity index (χ4v) is 2.20. The normalized spacial score (nSPS) is 10.2. The summed E-state index contributed by atoms with van der Waals surface area (Å²) in [5.74, 6) is -0.250. The van der Waals surface area contributed by atoms with Crippen molar-refractivity contribution in [3.05, 3.63) is 69.3 Å². The van der Waals surface area contributed by atoms with Crippen molar-refractivity contribution in [1.29, 1.82) is 0 Å². The van der Waals surface area contributed by atoms with Gasteiger partial charge in [0.05, 0.1) is 4.92 Å². The number of nitrogens with one attached hydrogen (secondary N) is 1. The molecule has 1 amide bonds. The van der Waals surface area contributed by atoms with Crippen molar-refractivity contribution in [3.63, 3.8) is 0 Å². The molecule has 0 aromatic heterocycles. The average molecular weight is 313 g/mol. The first kappa shape index (κ1) is 16.5. The van der Waals surface area contributed by atoms with Gasteiger partial charge in [0.1, 0.15) is 0 Å². The van der Waals surface area contributed by atoms with Crippen LogP contribution in [0.2, 0.25) is 0 Å². The van der Waals surface area contributed by atoms with Crippen LogP contribution < -0.4 is 10.2 Å². The molecule has 2 aromatic carbocycles. The zero-order chi connectivity index (χ0) is 17.0. The van der Waals surface area contributed by atoms with Crippen molar-refractivity contribution in [1.82, 2.24) is 5.32 Å². The summed E-state index contributed by atoms with van der Waals surface area (Å²) in [6, 6.07) is 12.2. The van der Waals surface area contributed by atoms with Crippen molar-refractivity contribution in [3.8, 4) is 0 Å². The van der Waals surface area contributed by atoms with E-state index in [1.165, 1.54) is 18.2 Å². The molecule has 23 heavy (non-hydrogen) atoms. The lowest BCUT2D eigenvalue weighted by atomic mass is 10.1. The summed E-state index contributed by atoms with van der Waals surface area (Å²) < 4.78 is 0. The highest BCUT2D eigenvalue weighted by molar-refractivity contribution is 5.94. The molecule has 1 N–H and O–H groups in total. The molecule has 0 bridgehead atoms. The Labute approximate surface area is 134 Å². The molecule has 6 heteroatoms. The van der Waals surface area contributed by atoms with E-state index in [0.29, 0.717) is 17.7 Å². The van der Waals surface area contributed by atoms with Crippen LogP contribution in [0.1, 0.15) is 21.5 Å². The Balaban J connectivity index is 2.02. The number of aryl methyl sites for hydroxylation is 1. The van der Waals surface area contributed by atoms with E-state index in [1.807, 2.05) is 43.3 Å². The van der Waals surface area contributed by atoms with Gasteiger partial charge in [-0.2, -0.15) is 0 Å². The van der Waals surface area contributed by atoms with Crippen molar-refractivity contribution in [2.75, 3.05) is 19.0 Å². The number of hydrogen-bond acceptors (Lipinski definition) is 4. The number of amides is 1. The van der Waals surface area contributed by atoms with Crippen LogP contribution in [0.3, 0.4) is 0 Å². The van der Waals surface area contributed by atoms with Crippen molar-refractivity contribution in [2.24, 2.45) is 0 Å². The van der Waals surface area contributed by atoms with Crippen LogP contribution >= 0.6 is 0 Å². The van der Waals surface area contributed by atoms with Gasteiger partial charge in [-0.05, 0) is 36.8 Å². The average Bonchev–Trinajstić information content (AvgIpc) is 2.52. The van der Waals surface area contributed by atoms with E-state index in [4.69, 9.17) is 0 Å². The Bertz CT molecular complexity index is 724. The van der Waals surface area contributed by atoms with Crippen LogP contribution in [0.25, 0.3) is 0 Å². The summed E-state index contributed by atoms with van der Waals surface area (Å²) in [7, 11) is 3.93. The van der Waals surface area contributed by atoms with Gasteiger partial charge in [-0.15, -0.1) is 0 Å². The topological polar surface area (TPSA) is 75.5 Å². The van der Waals surface area contributed by atoms with Crippen LogP contribution in [0.4, 0.5) is 11.4 Å². The zero-order valence-electron chi connectivity index (χ0n) is 13.4. The van der Waals surface area contributed by atoms with Gasteiger partial charge in [0.25, 0.3) is 11.6 Å². The Morgan fingerprint density at radius 2 is 1.83 bits per heavy atom. The molecule has 0 saturated heterocycles. The molecule has 0 fully saturated rings. The third-order valence-corrected chi connectivity index (χ3v) is 3.56. The second-order valence-electron chi connectivity index (χ2n) is 5.50. The van der Waals surface area contributed by atoms with Crippen LogP contribution in [-0.2, 0) is 6.54 Å². The maximum Gasteiger partial charge on any atom is 0.272 e. The predicted molar refractivity (Wildman–Crippen MR) is 89.8 cm³/mol. The van der Waals surface area contributed by atoms with Crippen molar-refractivity contribution < 1.29 is 9.72 Å². The Hall–Kier alpha value is -2.89. The number of carbonyl (C=O) groups is 1. The molecule has 2 rings (SSSR count). The van der Waals surface area contributed by atoms with Gasteiger partial charge in [0.2, 0.25) is 0 Å². The first-order valence-corrected chi connectivity index (χ1v) is 7.18. The lowest BCUT2D eigenvalue weighted by Crippen LogP contribution is -2.23. The largest absolute Gasteiger partial charge is 0.378 e. The van der Waals surface area contributed by atoms with E-state index in [2.05, 4.69) is 5.32 Å². The monoisotopic (exact) mass is 313 g/mol. The highest BCUT2D eigenvalue weighted by Gasteiger charge is 2.13. The molecule has 0 aliphatic carbocycles. The van der Waals surface area contributed by atoms with E-state index in [-0.39, 0.29) is 11.6 Å². The van der Waals surface area contributed by atoms with E-state index in [0.717, 1.165) is 11.3 Å². The minimum absolute atomic E-state index is 0.0147. The van der Waals surface area contributed by atoms with Gasteiger partial charge >= 0.3 is 0 Å². The fraction of sp³-hybridized carbons (Fsp3) is 0.235. The third kappa shape index (κ3) is 4.06. The summed E-state index contributed by atoms with van der Waals surface area (Å²) in [4.78, 5) is 24.5. The van der Waals surface area contributed by atoms with E-state index >= 15 is 0 Å². The molecule has 2 aromatic rings. The molecule has 120 valence electrons. The van der Waals surface area contributed by atoms with Gasteiger partial charge < -0.3 is 10.2 Å². The molecule has 0 atom stereocenters. The SMILES string of the molecule is Cc1cc(C(=O)NCc2ccc(N(C)C)cc2)ccc1[N+](=O)[O-]. The summed E-state index contributed by atoms with van der Waals surface area (Å²) >= 11 is 0. The van der Waals surface area contributed by atoms with Gasteiger partial charge in [0, 0.05) is 43.5 Å². The third-order valence-electron chi connectivity index (χ3n) is 3.56.